The molecule has 29 heavy (non-hydrogen) atoms. The molecule has 0 fully saturated rings. The third-order valence-corrected chi connectivity index (χ3v) is 4.45. The Bertz CT molecular complexity index is 1110. The molecule has 3 aromatic rings. The van der Waals surface area contributed by atoms with E-state index in [1.165, 1.54) is 31.2 Å². The number of ether oxygens (including phenoxy) is 1. The number of rotatable bonds is 6. The van der Waals surface area contributed by atoms with Gasteiger partial charge >= 0.3 is 11.7 Å². The molecule has 0 bridgehead atoms. The molecule has 0 amide bonds. The highest BCUT2D eigenvalue weighted by Crippen LogP contribution is 2.16. The lowest BCUT2D eigenvalue weighted by Gasteiger charge is -2.13. The molecule has 0 radical (unpaired) electrons. The van der Waals surface area contributed by atoms with Crippen LogP contribution in [0.3, 0.4) is 0 Å². The number of aryl methyl sites for hydroxylation is 2. The molecular formula is C21H19FN2O5. The topological polar surface area (TPSA) is 91.4 Å². The standard InChI is InChI=1S/C21H19FN2O5/c1-12-4-5-16(10-13(12)2)19(26)14(3)28-18(25)11-24-21(27)29-20(23-24)15-6-8-17(22)9-7-15/h4-10,14H,11H2,1-3H3. The lowest BCUT2D eigenvalue weighted by Crippen LogP contribution is -2.29. The molecule has 1 heterocycles. The second-order valence-corrected chi connectivity index (χ2v) is 6.63. The van der Waals surface area contributed by atoms with Gasteiger partial charge in [0.05, 0.1) is 0 Å². The monoisotopic (exact) mass is 398 g/mol. The number of nitrogens with zero attached hydrogens (tertiary/aromatic N) is 2. The summed E-state index contributed by atoms with van der Waals surface area (Å²) >= 11 is 0. The van der Waals surface area contributed by atoms with Crippen LogP contribution in [0.15, 0.2) is 51.7 Å². The van der Waals surface area contributed by atoms with Gasteiger partial charge in [-0.25, -0.2) is 9.18 Å². The quantitative estimate of drug-likeness (QED) is 0.468. The van der Waals surface area contributed by atoms with Crippen LogP contribution in [0.4, 0.5) is 4.39 Å². The Hall–Kier alpha value is -3.55. The summed E-state index contributed by atoms with van der Waals surface area (Å²) in [5, 5.41) is 3.91. The van der Waals surface area contributed by atoms with E-state index in [1.54, 1.807) is 12.1 Å². The third-order valence-electron chi connectivity index (χ3n) is 4.45. The van der Waals surface area contributed by atoms with Crippen molar-refractivity contribution in [2.24, 2.45) is 0 Å². The molecule has 0 aliphatic rings. The van der Waals surface area contributed by atoms with Crippen LogP contribution in [0.5, 0.6) is 0 Å². The number of hydrogen-bond acceptors (Lipinski definition) is 6. The second kappa shape index (κ2) is 8.22. The van der Waals surface area contributed by atoms with E-state index in [2.05, 4.69) is 5.10 Å². The van der Waals surface area contributed by atoms with Gasteiger partial charge in [0.1, 0.15) is 12.4 Å². The Balaban J connectivity index is 1.67. The number of Topliss-reactive ketones (excluding diaryl/α,β-unsaturated/α-hetero) is 1. The Kier molecular flexibility index (Phi) is 5.72. The van der Waals surface area contributed by atoms with E-state index in [-0.39, 0.29) is 11.7 Å². The predicted octanol–water partition coefficient (Wildman–Crippen LogP) is 3.07. The van der Waals surface area contributed by atoms with E-state index in [4.69, 9.17) is 9.15 Å². The Labute approximate surface area is 165 Å². The number of carbonyl (C=O) groups is 2. The zero-order valence-electron chi connectivity index (χ0n) is 16.1. The first-order valence-electron chi connectivity index (χ1n) is 8.89. The summed E-state index contributed by atoms with van der Waals surface area (Å²) in [7, 11) is 0. The molecule has 0 aliphatic heterocycles. The summed E-state index contributed by atoms with van der Waals surface area (Å²) in [4.78, 5) is 36.5. The fourth-order valence-corrected chi connectivity index (χ4v) is 2.65. The van der Waals surface area contributed by atoms with Crippen LogP contribution >= 0.6 is 0 Å². The summed E-state index contributed by atoms with van der Waals surface area (Å²) in [6.07, 6.45) is -1.02. The van der Waals surface area contributed by atoms with Crippen molar-refractivity contribution in [2.75, 3.05) is 0 Å². The van der Waals surface area contributed by atoms with Crippen molar-refractivity contribution in [3.63, 3.8) is 0 Å². The number of aromatic nitrogens is 2. The molecular weight excluding hydrogens is 379 g/mol. The fourth-order valence-electron chi connectivity index (χ4n) is 2.65. The highest BCUT2D eigenvalue weighted by atomic mass is 19.1. The maximum absolute atomic E-state index is 13.0. The van der Waals surface area contributed by atoms with Gasteiger partial charge in [-0.3, -0.25) is 9.59 Å². The van der Waals surface area contributed by atoms with Crippen LogP contribution in [-0.4, -0.2) is 27.6 Å². The summed E-state index contributed by atoms with van der Waals surface area (Å²) in [5.41, 5.74) is 2.82. The largest absolute Gasteiger partial charge is 0.453 e. The molecule has 0 spiro atoms. The Morgan fingerprint density at radius 2 is 1.83 bits per heavy atom. The first kappa shape index (κ1) is 20.2. The van der Waals surface area contributed by atoms with Gasteiger partial charge < -0.3 is 9.15 Å². The Morgan fingerprint density at radius 3 is 2.48 bits per heavy atom. The zero-order valence-corrected chi connectivity index (χ0v) is 16.1. The van der Waals surface area contributed by atoms with Gasteiger partial charge in [-0.1, -0.05) is 12.1 Å². The van der Waals surface area contributed by atoms with Crippen LogP contribution in [0.1, 0.15) is 28.4 Å². The van der Waals surface area contributed by atoms with E-state index in [0.29, 0.717) is 11.1 Å². The van der Waals surface area contributed by atoms with E-state index in [0.717, 1.165) is 15.8 Å². The van der Waals surface area contributed by atoms with Crippen molar-refractivity contribution in [1.82, 2.24) is 9.78 Å². The van der Waals surface area contributed by atoms with Gasteiger partial charge in [0.15, 0.2) is 6.10 Å². The maximum Gasteiger partial charge on any atom is 0.437 e. The van der Waals surface area contributed by atoms with Gasteiger partial charge in [0.2, 0.25) is 11.7 Å². The number of halogens is 1. The predicted molar refractivity (Wildman–Crippen MR) is 102 cm³/mol. The minimum Gasteiger partial charge on any atom is -0.453 e. The molecule has 3 rings (SSSR count). The van der Waals surface area contributed by atoms with E-state index < -0.39 is 30.2 Å². The van der Waals surface area contributed by atoms with Crippen LogP contribution in [0.2, 0.25) is 0 Å². The molecule has 1 atom stereocenters. The van der Waals surface area contributed by atoms with Crippen LogP contribution in [0.25, 0.3) is 11.5 Å². The number of esters is 1. The minimum atomic E-state index is -1.02. The second-order valence-electron chi connectivity index (χ2n) is 6.63. The molecule has 0 saturated carbocycles. The van der Waals surface area contributed by atoms with Crippen LogP contribution in [-0.2, 0) is 16.1 Å². The molecule has 0 aliphatic carbocycles. The summed E-state index contributed by atoms with van der Waals surface area (Å²) in [6, 6.07) is 10.4. The van der Waals surface area contributed by atoms with Gasteiger partial charge in [-0.15, -0.1) is 5.10 Å². The third kappa shape index (κ3) is 4.66. The number of carbonyl (C=O) groups excluding carboxylic acids is 2. The van der Waals surface area contributed by atoms with Crippen LogP contribution in [0, 0.1) is 19.7 Å². The lowest BCUT2D eigenvalue weighted by molar-refractivity contribution is -0.147. The number of ketones is 1. The number of benzene rings is 2. The van der Waals surface area contributed by atoms with Gasteiger partial charge in [-0.05, 0) is 62.2 Å². The van der Waals surface area contributed by atoms with Gasteiger partial charge in [0.25, 0.3) is 0 Å². The van der Waals surface area contributed by atoms with E-state index in [1.807, 2.05) is 19.9 Å². The van der Waals surface area contributed by atoms with Crippen LogP contribution < -0.4 is 5.76 Å². The Morgan fingerprint density at radius 1 is 1.14 bits per heavy atom. The molecule has 150 valence electrons. The van der Waals surface area contributed by atoms with Crippen molar-refractivity contribution >= 4 is 11.8 Å². The fraction of sp³-hybridized carbons (Fsp3) is 0.238. The first-order valence-corrected chi connectivity index (χ1v) is 8.89. The van der Waals surface area contributed by atoms with Gasteiger partial charge in [0, 0.05) is 11.1 Å². The molecule has 1 aromatic heterocycles. The molecule has 0 N–H and O–H groups in total. The highest BCUT2D eigenvalue weighted by molar-refractivity contribution is 6.00. The zero-order chi connectivity index (χ0) is 21.1. The maximum atomic E-state index is 13.0. The summed E-state index contributed by atoms with van der Waals surface area (Å²) in [5.74, 6) is -2.52. The number of hydrogen-bond donors (Lipinski definition) is 0. The van der Waals surface area contributed by atoms with Crippen molar-refractivity contribution in [3.8, 4) is 11.5 Å². The van der Waals surface area contributed by atoms with Crippen molar-refractivity contribution in [2.45, 2.75) is 33.4 Å². The molecule has 1 unspecified atom stereocenters. The molecule has 8 heteroatoms. The normalized spacial score (nSPS) is 11.9. The molecule has 0 saturated heterocycles. The van der Waals surface area contributed by atoms with Gasteiger partial charge in [-0.2, -0.15) is 4.68 Å². The summed E-state index contributed by atoms with van der Waals surface area (Å²) < 4.78 is 23.9. The smallest absolute Gasteiger partial charge is 0.437 e. The summed E-state index contributed by atoms with van der Waals surface area (Å²) in [6.45, 7) is 4.76. The average Bonchev–Trinajstić information content (AvgIpc) is 3.04. The van der Waals surface area contributed by atoms with Crippen molar-refractivity contribution in [3.05, 3.63) is 75.5 Å². The average molecular weight is 398 g/mol. The van der Waals surface area contributed by atoms with Crippen molar-refractivity contribution in [1.29, 1.82) is 0 Å². The van der Waals surface area contributed by atoms with Crippen molar-refractivity contribution < 1.29 is 23.1 Å². The molecule has 7 nitrogen and oxygen atoms in total. The SMILES string of the molecule is Cc1ccc(C(=O)C(C)OC(=O)Cn2nc(-c3ccc(F)cc3)oc2=O)cc1C. The van der Waals surface area contributed by atoms with E-state index >= 15 is 0 Å². The molecule has 2 aromatic carbocycles. The van der Waals surface area contributed by atoms with E-state index in [9.17, 15) is 18.8 Å². The lowest BCUT2D eigenvalue weighted by atomic mass is 10.0. The highest BCUT2D eigenvalue weighted by Gasteiger charge is 2.21. The minimum absolute atomic E-state index is 0.0537. The first-order chi connectivity index (χ1) is 13.7.